The molecule has 19 heavy (non-hydrogen) atoms. The first-order valence-electron chi connectivity index (χ1n) is 6.47. The summed E-state index contributed by atoms with van der Waals surface area (Å²) in [6, 6.07) is 5.59. The molecule has 0 spiro atoms. The number of ether oxygens (including phenoxy) is 1. The highest BCUT2D eigenvalue weighted by Crippen LogP contribution is 2.23. The SMILES string of the molecule is COc1ccc(Br)c(C(=O)NC2CNCCC2C)c1. The van der Waals surface area contributed by atoms with Gasteiger partial charge in [0.2, 0.25) is 0 Å². The third-order valence-electron chi connectivity index (χ3n) is 3.56. The number of carbonyl (C=O) groups excluding carboxylic acids is 1. The molecular formula is C14H19BrN2O2. The Hall–Kier alpha value is -1.07. The van der Waals surface area contributed by atoms with Gasteiger partial charge in [0.15, 0.2) is 0 Å². The average molecular weight is 327 g/mol. The molecule has 0 saturated carbocycles. The lowest BCUT2D eigenvalue weighted by Gasteiger charge is -2.30. The molecule has 1 fully saturated rings. The van der Waals surface area contributed by atoms with Gasteiger partial charge in [-0.1, -0.05) is 6.92 Å². The summed E-state index contributed by atoms with van der Waals surface area (Å²) in [7, 11) is 1.60. The van der Waals surface area contributed by atoms with Gasteiger partial charge in [-0.2, -0.15) is 0 Å². The highest BCUT2D eigenvalue weighted by molar-refractivity contribution is 9.10. The highest BCUT2D eigenvalue weighted by atomic mass is 79.9. The fraction of sp³-hybridized carbons (Fsp3) is 0.500. The van der Waals surface area contributed by atoms with Crippen LogP contribution in [0.2, 0.25) is 0 Å². The number of methoxy groups -OCH3 is 1. The number of halogens is 1. The van der Waals surface area contributed by atoms with E-state index in [9.17, 15) is 4.79 Å². The molecular weight excluding hydrogens is 308 g/mol. The second-order valence-electron chi connectivity index (χ2n) is 4.90. The molecule has 2 rings (SSSR count). The molecule has 1 aromatic rings. The molecule has 1 heterocycles. The first kappa shape index (κ1) is 14.3. The topological polar surface area (TPSA) is 50.4 Å². The molecule has 1 aromatic carbocycles. The van der Waals surface area contributed by atoms with Crippen LogP contribution < -0.4 is 15.4 Å². The zero-order chi connectivity index (χ0) is 13.8. The first-order valence-corrected chi connectivity index (χ1v) is 7.26. The van der Waals surface area contributed by atoms with E-state index in [4.69, 9.17) is 4.74 Å². The van der Waals surface area contributed by atoms with Crippen molar-refractivity contribution in [1.29, 1.82) is 0 Å². The fourth-order valence-corrected chi connectivity index (χ4v) is 2.66. The minimum absolute atomic E-state index is 0.0636. The van der Waals surface area contributed by atoms with Gasteiger partial charge < -0.3 is 15.4 Å². The molecule has 0 aromatic heterocycles. The Morgan fingerprint density at radius 1 is 1.53 bits per heavy atom. The molecule has 1 saturated heterocycles. The zero-order valence-electron chi connectivity index (χ0n) is 11.2. The lowest BCUT2D eigenvalue weighted by atomic mass is 9.94. The first-order chi connectivity index (χ1) is 9.11. The molecule has 5 heteroatoms. The van der Waals surface area contributed by atoms with Crippen LogP contribution in [0.1, 0.15) is 23.7 Å². The van der Waals surface area contributed by atoms with E-state index in [0.29, 0.717) is 17.2 Å². The number of piperidine rings is 1. The van der Waals surface area contributed by atoms with Gasteiger partial charge in [-0.05, 0) is 53.0 Å². The molecule has 2 N–H and O–H groups in total. The van der Waals surface area contributed by atoms with Crippen LogP contribution in [0.15, 0.2) is 22.7 Å². The van der Waals surface area contributed by atoms with Gasteiger partial charge in [-0.25, -0.2) is 0 Å². The van der Waals surface area contributed by atoms with Gasteiger partial charge in [0, 0.05) is 17.1 Å². The third kappa shape index (κ3) is 3.48. The summed E-state index contributed by atoms with van der Waals surface area (Å²) < 4.78 is 5.94. The average Bonchev–Trinajstić information content (AvgIpc) is 2.42. The van der Waals surface area contributed by atoms with Gasteiger partial charge in [0.25, 0.3) is 5.91 Å². The maximum absolute atomic E-state index is 12.3. The predicted molar refractivity (Wildman–Crippen MR) is 78.6 cm³/mol. The van der Waals surface area contributed by atoms with Crippen molar-refractivity contribution in [2.45, 2.75) is 19.4 Å². The number of hydrogen-bond acceptors (Lipinski definition) is 3. The van der Waals surface area contributed by atoms with Crippen LogP contribution in [-0.4, -0.2) is 32.1 Å². The van der Waals surface area contributed by atoms with Crippen molar-refractivity contribution in [2.24, 2.45) is 5.92 Å². The second-order valence-corrected chi connectivity index (χ2v) is 5.75. The van der Waals surface area contributed by atoms with Gasteiger partial charge in [-0.15, -0.1) is 0 Å². The maximum atomic E-state index is 12.3. The quantitative estimate of drug-likeness (QED) is 0.895. The van der Waals surface area contributed by atoms with Crippen molar-refractivity contribution >= 4 is 21.8 Å². The van der Waals surface area contributed by atoms with E-state index in [0.717, 1.165) is 24.0 Å². The third-order valence-corrected chi connectivity index (χ3v) is 4.25. The second kappa shape index (κ2) is 6.39. The van der Waals surface area contributed by atoms with Crippen LogP contribution in [0.4, 0.5) is 0 Å². The molecule has 0 bridgehead atoms. The lowest BCUT2D eigenvalue weighted by molar-refractivity contribution is 0.0914. The Bertz CT molecular complexity index is 465. The van der Waals surface area contributed by atoms with Crippen LogP contribution in [0.5, 0.6) is 5.75 Å². The van der Waals surface area contributed by atoms with Crippen molar-refractivity contribution in [2.75, 3.05) is 20.2 Å². The van der Waals surface area contributed by atoms with Crippen molar-refractivity contribution < 1.29 is 9.53 Å². The fourth-order valence-electron chi connectivity index (χ4n) is 2.23. The van der Waals surface area contributed by atoms with Gasteiger partial charge in [0.05, 0.1) is 12.7 Å². The number of rotatable bonds is 3. The minimum atomic E-state index is -0.0636. The lowest BCUT2D eigenvalue weighted by Crippen LogP contribution is -2.50. The Morgan fingerprint density at radius 3 is 3.00 bits per heavy atom. The van der Waals surface area contributed by atoms with E-state index in [-0.39, 0.29) is 11.9 Å². The Labute approximate surface area is 122 Å². The van der Waals surface area contributed by atoms with Crippen LogP contribution in [0, 0.1) is 5.92 Å². The summed E-state index contributed by atoms with van der Waals surface area (Å²) in [4.78, 5) is 12.3. The van der Waals surface area contributed by atoms with E-state index < -0.39 is 0 Å². The van der Waals surface area contributed by atoms with Crippen LogP contribution in [-0.2, 0) is 0 Å². The number of nitrogens with one attached hydrogen (secondary N) is 2. The summed E-state index contributed by atoms with van der Waals surface area (Å²) in [5.41, 5.74) is 0.608. The number of benzene rings is 1. The van der Waals surface area contributed by atoms with Crippen molar-refractivity contribution in [3.8, 4) is 5.75 Å². The van der Waals surface area contributed by atoms with Crippen molar-refractivity contribution in [3.63, 3.8) is 0 Å². The number of hydrogen-bond donors (Lipinski definition) is 2. The monoisotopic (exact) mass is 326 g/mol. The molecule has 0 radical (unpaired) electrons. The molecule has 2 unspecified atom stereocenters. The van der Waals surface area contributed by atoms with E-state index in [1.54, 1.807) is 13.2 Å². The largest absolute Gasteiger partial charge is 0.497 e. The summed E-state index contributed by atoms with van der Waals surface area (Å²) in [5.74, 6) is 1.11. The normalized spacial score (nSPS) is 22.9. The summed E-state index contributed by atoms with van der Waals surface area (Å²) in [6.07, 6.45) is 1.09. The molecule has 4 nitrogen and oxygen atoms in total. The van der Waals surface area contributed by atoms with E-state index in [2.05, 4.69) is 33.5 Å². The summed E-state index contributed by atoms with van der Waals surface area (Å²) in [5, 5.41) is 6.40. The van der Waals surface area contributed by atoms with Crippen LogP contribution in [0.25, 0.3) is 0 Å². The highest BCUT2D eigenvalue weighted by Gasteiger charge is 2.23. The number of carbonyl (C=O) groups is 1. The van der Waals surface area contributed by atoms with E-state index in [1.807, 2.05) is 12.1 Å². The Morgan fingerprint density at radius 2 is 2.32 bits per heavy atom. The van der Waals surface area contributed by atoms with Crippen LogP contribution >= 0.6 is 15.9 Å². The minimum Gasteiger partial charge on any atom is -0.497 e. The Balaban J connectivity index is 2.10. The number of amides is 1. The molecule has 1 aliphatic rings. The van der Waals surface area contributed by atoms with Crippen molar-refractivity contribution in [3.05, 3.63) is 28.2 Å². The molecule has 2 atom stereocenters. The standard InChI is InChI=1S/C14H19BrN2O2/c1-9-5-6-16-8-13(9)17-14(18)11-7-10(19-2)3-4-12(11)15/h3-4,7,9,13,16H,5-6,8H2,1-2H3,(H,17,18). The van der Waals surface area contributed by atoms with Gasteiger partial charge in [0.1, 0.15) is 5.75 Å². The van der Waals surface area contributed by atoms with Gasteiger partial charge >= 0.3 is 0 Å². The Kier molecular flexibility index (Phi) is 4.82. The van der Waals surface area contributed by atoms with Gasteiger partial charge in [-0.3, -0.25) is 4.79 Å². The predicted octanol–water partition coefficient (Wildman–Crippen LogP) is 2.19. The molecule has 1 amide bonds. The smallest absolute Gasteiger partial charge is 0.252 e. The zero-order valence-corrected chi connectivity index (χ0v) is 12.8. The van der Waals surface area contributed by atoms with E-state index >= 15 is 0 Å². The molecule has 1 aliphatic heterocycles. The van der Waals surface area contributed by atoms with E-state index in [1.165, 1.54) is 0 Å². The van der Waals surface area contributed by atoms with Crippen LogP contribution in [0.3, 0.4) is 0 Å². The maximum Gasteiger partial charge on any atom is 0.252 e. The van der Waals surface area contributed by atoms with Crippen molar-refractivity contribution in [1.82, 2.24) is 10.6 Å². The molecule has 104 valence electrons. The summed E-state index contributed by atoms with van der Waals surface area (Å²) in [6.45, 7) is 4.03. The molecule has 0 aliphatic carbocycles. The summed E-state index contributed by atoms with van der Waals surface area (Å²) >= 11 is 3.41.